The lowest BCUT2D eigenvalue weighted by Gasteiger charge is -2.40. The van der Waals surface area contributed by atoms with Crippen LogP contribution >= 0.6 is 0 Å². The third-order valence-electron chi connectivity index (χ3n) is 4.54. The van der Waals surface area contributed by atoms with Crippen molar-refractivity contribution < 1.29 is 9.53 Å². The van der Waals surface area contributed by atoms with Crippen LogP contribution in [-0.2, 0) is 9.53 Å². The molecule has 1 heterocycles. The number of amides is 1. The Morgan fingerprint density at radius 3 is 2.35 bits per heavy atom. The molecule has 1 aliphatic rings. The first-order valence-electron chi connectivity index (χ1n) is 9.59. The quantitative estimate of drug-likeness (QED) is 0.486. The maximum atomic E-state index is 12.3. The zero-order chi connectivity index (χ0) is 17.1. The molecule has 0 bridgehead atoms. The molecule has 0 aromatic heterocycles. The summed E-state index contributed by atoms with van der Waals surface area (Å²) in [5.41, 5.74) is 0. The van der Waals surface area contributed by atoms with E-state index in [-0.39, 0.29) is 5.92 Å². The van der Waals surface area contributed by atoms with Crippen molar-refractivity contribution in [1.29, 1.82) is 0 Å². The van der Waals surface area contributed by atoms with E-state index in [1.165, 1.54) is 32.1 Å². The van der Waals surface area contributed by atoms with E-state index in [2.05, 4.69) is 18.7 Å². The molecule has 4 heteroatoms. The van der Waals surface area contributed by atoms with Gasteiger partial charge in [0.05, 0.1) is 5.92 Å². The summed E-state index contributed by atoms with van der Waals surface area (Å²) < 4.78 is 5.34. The van der Waals surface area contributed by atoms with Gasteiger partial charge in [-0.25, -0.2) is 0 Å². The zero-order valence-corrected chi connectivity index (χ0v) is 15.9. The van der Waals surface area contributed by atoms with Gasteiger partial charge in [-0.05, 0) is 25.7 Å². The van der Waals surface area contributed by atoms with Gasteiger partial charge < -0.3 is 14.5 Å². The van der Waals surface area contributed by atoms with Gasteiger partial charge in [0.15, 0.2) is 0 Å². The third kappa shape index (κ3) is 8.71. The van der Waals surface area contributed by atoms with Crippen molar-refractivity contribution in [2.24, 2.45) is 11.8 Å². The van der Waals surface area contributed by atoms with Gasteiger partial charge in [0.1, 0.15) is 0 Å². The SMILES string of the molecule is CCOCCCCCCCCN(C)C(=O)C1CN(CC(C)C)C1. The maximum Gasteiger partial charge on any atom is 0.228 e. The summed E-state index contributed by atoms with van der Waals surface area (Å²) in [5, 5.41) is 0. The summed E-state index contributed by atoms with van der Waals surface area (Å²) in [4.78, 5) is 16.7. The summed E-state index contributed by atoms with van der Waals surface area (Å²) >= 11 is 0. The normalized spacial score (nSPS) is 15.9. The van der Waals surface area contributed by atoms with Gasteiger partial charge in [0.25, 0.3) is 0 Å². The average molecular weight is 327 g/mol. The second kappa shape index (κ2) is 11.9. The lowest BCUT2D eigenvalue weighted by atomic mass is 9.97. The van der Waals surface area contributed by atoms with Gasteiger partial charge in [0, 0.05) is 46.4 Å². The van der Waals surface area contributed by atoms with Crippen molar-refractivity contribution >= 4 is 5.91 Å². The average Bonchev–Trinajstić information content (AvgIpc) is 2.47. The Morgan fingerprint density at radius 2 is 1.74 bits per heavy atom. The van der Waals surface area contributed by atoms with E-state index >= 15 is 0 Å². The number of rotatable bonds is 13. The lowest BCUT2D eigenvalue weighted by Crippen LogP contribution is -2.54. The second-order valence-electron chi connectivity index (χ2n) is 7.39. The first-order chi connectivity index (χ1) is 11.0. The molecule has 0 radical (unpaired) electrons. The van der Waals surface area contributed by atoms with E-state index in [1.807, 2.05) is 18.9 Å². The van der Waals surface area contributed by atoms with Gasteiger partial charge in [0.2, 0.25) is 5.91 Å². The second-order valence-corrected chi connectivity index (χ2v) is 7.39. The highest BCUT2D eigenvalue weighted by Crippen LogP contribution is 2.19. The van der Waals surface area contributed by atoms with Crippen molar-refractivity contribution in [2.45, 2.75) is 59.3 Å². The number of hydrogen-bond donors (Lipinski definition) is 0. The molecule has 0 aromatic carbocycles. The van der Waals surface area contributed by atoms with Crippen LogP contribution in [0.5, 0.6) is 0 Å². The molecule has 23 heavy (non-hydrogen) atoms. The third-order valence-corrected chi connectivity index (χ3v) is 4.54. The molecule has 1 rings (SSSR count). The Kier molecular flexibility index (Phi) is 10.5. The van der Waals surface area contributed by atoms with E-state index in [0.717, 1.165) is 45.8 Å². The first-order valence-corrected chi connectivity index (χ1v) is 9.59. The Balaban J connectivity index is 1.96. The minimum atomic E-state index is 0.248. The predicted octanol–water partition coefficient (Wildman–Crippen LogP) is 3.41. The van der Waals surface area contributed by atoms with E-state index in [4.69, 9.17) is 4.74 Å². The molecule has 0 unspecified atom stereocenters. The molecule has 0 atom stereocenters. The lowest BCUT2D eigenvalue weighted by molar-refractivity contribution is -0.140. The Morgan fingerprint density at radius 1 is 1.13 bits per heavy atom. The Bertz CT molecular complexity index is 314. The zero-order valence-electron chi connectivity index (χ0n) is 15.9. The van der Waals surface area contributed by atoms with Crippen molar-refractivity contribution in [3.63, 3.8) is 0 Å². The maximum absolute atomic E-state index is 12.3. The van der Waals surface area contributed by atoms with Crippen molar-refractivity contribution in [2.75, 3.05) is 46.4 Å². The molecule has 0 saturated carbocycles. The molecule has 0 aliphatic carbocycles. The van der Waals surface area contributed by atoms with E-state index < -0.39 is 0 Å². The van der Waals surface area contributed by atoms with Crippen LogP contribution in [0.25, 0.3) is 0 Å². The standard InChI is InChI=1S/C19H38N2O2/c1-5-23-13-11-9-7-6-8-10-12-20(4)19(22)18-15-21(16-18)14-17(2)3/h17-18H,5-16H2,1-4H3. The van der Waals surface area contributed by atoms with Gasteiger partial charge in [-0.15, -0.1) is 0 Å². The van der Waals surface area contributed by atoms with Gasteiger partial charge in [-0.1, -0.05) is 39.5 Å². The summed E-state index contributed by atoms with van der Waals surface area (Å²) in [7, 11) is 1.97. The summed E-state index contributed by atoms with van der Waals surface area (Å²) in [5.74, 6) is 1.29. The minimum absolute atomic E-state index is 0.248. The Hall–Kier alpha value is -0.610. The number of ether oxygens (including phenoxy) is 1. The molecule has 1 saturated heterocycles. The summed E-state index contributed by atoms with van der Waals surface area (Å²) in [6, 6.07) is 0. The molecule has 1 amide bonds. The van der Waals surface area contributed by atoms with Gasteiger partial charge >= 0.3 is 0 Å². The number of carbonyl (C=O) groups excluding carboxylic acids is 1. The predicted molar refractivity (Wildman–Crippen MR) is 96.6 cm³/mol. The number of nitrogens with zero attached hydrogens (tertiary/aromatic N) is 2. The molecule has 0 aromatic rings. The number of unbranched alkanes of at least 4 members (excludes halogenated alkanes) is 5. The molecule has 4 nitrogen and oxygen atoms in total. The smallest absolute Gasteiger partial charge is 0.228 e. The highest BCUT2D eigenvalue weighted by Gasteiger charge is 2.34. The van der Waals surface area contributed by atoms with Crippen LogP contribution in [0.4, 0.5) is 0 Å². The fourth-order valence-electron chi connectivity index (χ4n) is 3.22. The fraction of sp³-hybridized carbons (Fsp3) is 0.947. The fourth-order valence-corrected chi connectivity index (χ4v) is 3.22. The molecule has 1 fully saturated rings. The highest BCUT2D eigenvalue weighted by atomic mass is 16.5. The van der Waals surface area contributed by atoms with Gasteiger partial charge in [-0.3, -0.25) is 4.79 Å². The van der Waals surface area contributed by atoms with Crippen LogP contribution in [0.2, 0.25) is 0 Å². The Labute approximate surface area is 143 Å². The van der Waals surface area contributed by atoms with Crippen LogP contribution in [0.15, 0.2) is 0 Å². The van der Waals surface area contributed by atoms with Crippen LogP contribution in [0.3, 0.4) is 0 Å². The molecule has 1 aliphatic heterocycles. The van der Waals surface area contributed by atoms with Crippen molar-refractivity contribution in [1.82, 2.24) is 9.80 Å². The van der Waals surface area contributed by atoms with E-state index in [9.17, 15) is 4.79 Å². The van der Waals surface area contributed by atoms with Crippen LogP contribution < -0.4 is 0 Å². The van der Waals surface area contributed by atoms with Crippen molar-refractivity contribution in [3.8, 4) is 0 Å². The van der Waals surface area contributed by atoms with Crippen LogP contribution in [-0.4, -0.2) is 62.1 Å². The number of likely N-dealkylation sites (tertiary alicyclic amines) is 1. The minimum Gasteiger partial charge on any atom is -0.382 e. The van der Waals surface area contributed by atoms with Crippen molar-refractivity contribution in [3.05, 3.63) is 0 Å². The van der Waals surface area contributed by atoms with E-state index in [1.54, 1.807) is 0 Å². The van der Waals surface area contributed by atoms with Gasteiger partial charge in [-0.2, -0.15) is 0 Å². The molecule has 0 spiro atoms. The van der Waals surface area contributed by atoms with E-state index in [0.29, 0.717) is 11.8 Å². The van der Waals surface area contributed by atoms with Crippen LogP contribution in [0.1, 0.15) is 59.3 Å². The largest absolute Gasteiger partial charge is 0.382 e. The van der Waals surface area contributed by atoms with Crippen LogP contribution in [0, 0.1) is 11.8 Å². The molecule has 136 valence electrons. The molecular formula is C19H38N2O2. The monoisotopic (exact) mass is 326 g/mol. The topological polar surface area (TPSA) is 32.8 Å². The summed E-state index contributed by atoms with van der Waals surface area (Å²) in [6.07, 6.45) is 7.38. The number of hydrogen-bond acceptors (Lipinski definition) is 3. The summed E-state index contributed by atoms with van der Waals surface area (Å²) in [6.45, 7) is 12.2. The molecular weight excluding hydrogens is 288 g/mol. The highest BCUT2D eigenvalue weighted by molar-refractivity contribution is 5.79. The first kappa shape index (κ1) is 20.4. The molecule has 0 N–H and O–H groups in total. The number of carbonyl (C=O) groups is 1.